The van der Waals surface area contributed by atoms with E-state index in [9.17, 15) is 24.1 Å². The van der Waals surface area contributed by atoms with Gasteiger partial charge in [0.05, 0.1) is 21.3 Å². The van der Waals surface area contributed by atoms with E-state index < -0.39 is 34.9 Å². The van der Waals surface area contributed by atoms with Crippen molar-refractivity contribution in [1.29, 1.82) is 0 Å². The summed E-state index contributed by atoms with van der Waals surface area (Å²) in [6.45, 7) is 1.17. The molecule has 0 atom stereocenters. The van der Waals surface area contributed by atoms with Crippen LogP contribution in [0.25, 0.3) is 15.9 Å². The summed E-state index contributed by atoms with van der Waals surface area (Å²) < 4.78 is 20.1. The molecule has 0 spiro atoms. The summed E-state index contributed by atoms with van der Waals surface area (Å²) in [7, 11) is 0. The van der Waals surface area contributed by atoms with Crippen LogP contribution < -0.4 is 5.32 Å². The maximum atomic E-state index is 13.4. The Balaban J connectivity index is 1.47. The van der Waals surface area contributed by atoms with Gasteiger partial charge in [-0.3, -0.25) is 14.9 Å². The van der Waals surface area contributed by atoms with Crippen LogP contribution in [0.4, 0.5) is 15.8 Å². The smallest absolute Gasteiger partial charge is 0.348 e. The fourth-order valence-electron chi connectivity index (χ4n) is 3.06. The lowest BCUT2D eigenvalue weighted by atomic mass is 10.2. The predicted molar refractivity (Wildman–Crippen MR) is 121 cm³/mol. The number of aryl methyl sites for hydroxylation is 1. The molecule has 0 aliphatic rings. The van der Waals surface area contributed by atoms with Crippen molar-refractivity contribution < 1.29 is 23.6 Å². The zero-order chi connectivity index (χ0) is 23.7. The topological polar surface area (TPSA) is 116 Å². The normalized spacial score (nSPS) is 10.9. The van der Waals surface area contributed by atoms with Crippen LogP contribution in [0, 0.1) is 22.9 Å². The van der Waals surface area contributed by atoms with E-state index in [-0.39, 0.29) is 10.6 Å². The van der Waals surface area contributed by atoms with E-state index >= 15 is 0 Å². The second-order valence-electron chi connectivity index (χ2n) is 6.83. The molecule has 2 aromatic heterocycles. The molecule has 0 aliphatic carbocycles. The third-order valence-corrected chi connectivity index (χ3v) is 6.00. The van der Waals surface area contributed by atoms with Crippen LogP contribution in [0.3, 0.4) is 0 Å². The van der Waals surface area contributed by atoms with Gasteiger partial charge in [-0.1, -0.05) is 23.7 Å². The molecule has 2 heterocycles. The van der Waals surface area contributed by atoms with Crippen molar-refractivity contribution >= 4 is 56.4 Å². The highest BCUT2D eigenvalue weighted by molar-refractivity contribution is 7.20. The van der Waals surface area contributed by atoms with Gasteiger partial charge in [0.1, 0.15) is 9.71 Å². The van der Waals surface area contributed by atoms with E-state index in [2.05, 4.69) is 10.4 Å². The average molecular weight is 489 g/mol. The van der Waals surface area contributed by atoms with Crippen molar-refractivity contribution in [3.8, 4) is 5.69 Å². The quantitative estimate of drug-likeness (QED) is 0.234. The molecule has 0 unspecified atom stereocenters. The minimum Gasteiger partial charge on any atom is -0.451 e. The Labute approximate surface area is 194 Å². The number of hydrogen-bond donors (Lipinski definition) is 1. The van der Waals surface area contributed by atoms with Crippen LogP contribution in [0.1, 0.15) is 15.4 Å². The Morgan fingerprint density at radius 2 is 2.03 bits per heavy atom. The monoisotopic (exact) mass is 488 g/mol. The fourth-order valence-corrected chi connectivity index (χ4v) is 4.35. The number of anilines is 1. The predicted octanol–water partition coefficient (Wildman–Crippen LogP) is 4.89. The Morgan fingerprint density at radius 3 is 2.76 bits per heavy atom. The van der Waals surface area contributed by atoms with Gasteiger partial charge >= 0.3 is 11.7 Å². The third kappa shape index (κ3) is 4.54. The summed E-state index contributed by atoms with van der Waals surface area (Å²) in [5.41, 5.74) is 0.571. The van der Waals surface area contributed by atoms with Crippen LogP contribution in [-0.2, 0) is 9.53 Å². The maximum Gasteiger partial charge on any atom is 0.348 e. The van der Waals surface area contributed by atoms with Crippen molar-refractivity contribution in [2.45, 2.75) is 6.92 Å². The number of benzene rings is 2. The number of nitrogens with zero attached hydrogens (tertiary/aromatic N) is 3. The van der Waals surface area contributed by atoms with Crippen molar-refractivity contribution in [1.82, 2.24) is 9.78 Å². The minimum atomic E-state index is -1.03. The van der Waals surface area contributed by atoms with Gasteiger partial charge in [0.25, 0.3) is 5.91 Å². The lowest BCUT2D eigenvalue weighted by molar-refractivity contribution is -0.387. The molecule has 0 bridgehead atoms. The number of nitrogens with one attached hydrogen (secondary N) is 1. The number of amides is 1. The van der Waals surface area contributed by atoms with Gasteiger partial charge in [-0.2, -0.15) is 9.49 Å². The fraction of sp³-hybridized carbons (Fsp3) is 0.0952. The lowest BCUT2D eigenvalue weighted by Gasteiger charge is -2.06. The van der Waals surface area contributed by atoms with Crippen LogP contribution in [0.2, 0.25) is 5.02 Å². The van der Waals surface area contributed by atoms with Crippen molar-refractivity contribution in [3.05, 3.63) is 80.1 Å². The van der Waals surface area contributed by atoms with Crippen molar-refractivity contribution in [3.63, 3.8) is 0 Å². The van der Waals surface area contributed by atoms with Crippen molar-refractivity contribution in [2.75, 3.05) is 11.9 Å². The highest BCUT2D eigenvalue weighted by Gasteiger charge is 2.20. The van der Waals surface area contributed by atoms with Crippen LogP contribution in [0.15, 0.2) is 48.5 Å². The Kier molecular flexibility index (Phi) is 6.07. The molecule has 4 rings (SSSR count). The molecular formula is C21H14ClFN4O5S. The number of hydrogen-bond acceptors (Lipinski definition) is 7. The number of nitro groups is 1. The molecule has 0 saturated heterocycles. The number of fused-ring (bicyclic) bond motifs is 1. The highest BCUT2D eigenvalue weighted by atomic mass is 35.5. The molecular weight excluding hydrogens is 475 g/mol. The first kappa shape index (κ1) is 22.4. The first-order valence-corrected chi connectivity index (χ1v) is 10.6. The van der Waals surface area contributed by atoms with Crippen molar-refractivity contribution in [2.24, 2.45) is 0 Å². The molecule has 0 aliphatic heterocycles. The Morgan fingerprint density at radius 1 is 1.27 bits per heavy atom. The summed E-state index contributed by atoms with van der Waals surface area (Å²) in [6.07, 6.45) is 0. The van der Waals surface area contributed by atoms with Gasteiger partial charge in [-0.05, 0) is 37.3 Å². The molecule has 1 N–H and O–H groups in total. The number of aromatic nitrogens is 2. The average Bonchev–Trinajstić information content (AvgIpc) is 3.34. The molecule has 4 aromatic rings. The summed E-state index contributed by atoms with van der Waals surface area (Å²) in [6, 6.07) is 11.7. The molecule has 2 aromatic carbocycles. The zero-order valence-corrected chi connectivity index (χ0v) is 18.4. The zero-order valence-electron chi connectivity index (χ0n) is 16.9. The second kappa shape index (κ2) is 8.96. The SMILES string of the molecule is Cc1nn(-c2ccccc2Cl)c2sc(C(=O)OCC(=O)Nc3ccc(F)c([N+](=O)[O-])c3)cc12. The Bertz CT molecular complexity index is 1420. The van der Waals surface area contributed by atoms with E-state index in [1.54, 1.807) is 35.9 Å². The maximum absolute atomic E-state index is 13.4. The van der Waals surface area contributed by atoms with Gasteiger partial charge in [0, 0.05) is 17.1 Å². The number of para-hydroxylation sites is 1. The third-order valence-electron chi connectivity index (χ3n) is 4.59. The van der Waals surface area contributed by atoms with E-state index in [0.29, 0.717) is 21.2 Å². The van der Waals surface area contributed by atoms with Gasteiger partial charge in [-0.15, -0.1) is 11.3 Å². The molecule has 9 nitrogen and oxygen atoms in total. The number of esters is 1. The number of ether oxygens (including phenoxy) is 1. The first-order valence-electron chi connectivity index (χ1n) is 9.39. The van der Waals surface area contributed by atoms with E-state index in [0.717, 1.165) is 34.9 Å². The number of thiophene rings is 1. The molecule has 0 fully saturated rings. The number of carbonyl (C=O) groups is 2. The van der Waals surface area contributed by atoms with Gasteiger partial charge in [0.2, 0.25) is 5.82 Å². The molecule has 168 valence electrons. The molecule has 12 heteroatoms. The van der Waals surface area contributed by atoms with E-state index in [4.69, 9.17) is 16.3 Å². The van der Waals surface area contributed by atoms with E-state index in [1.165, 1.54) is 0 Å². The van der Waals surface area contributed by atoms with Gasteiger partial charge < -0.3 is 10.1 Å². The summed E-state index contributed by atoms with van der Waals surface area (Å²) >= 11 is 7.41. The van der Waals surface area contributed by atoms with Gasteiger partial charge in [0.15, 0.2) is 6.61 Å². The lowest BCUT2D eigenvalue weighted by Crippen LogP contribution is -2.20. The van der Waals surface area contributed by atoms with Crippen LogP contribution in [-0.4, -0.2) is 33.2 Å². The van der Waals surface area contributed by atoms with Crippen LogP contribution >= 0.6 is 22.9 Å². The Hall–Kier alpha value is -3.83. The molecule has 33 heavy (non-hydrogen) atoms. The number of rotatable bonds is 6. The minimum absolute atomic E-state index is 0.00136. The standard InChI is InChI=1S/C21H14ClFN4O5S/c1-11-13-9-18(33-20(13)26(25-11)16-5-3-2-4-14(16)22)21(29)32-10-19(28)24-12-6-7-15(23)17(8-12)27(30)31/h2-9H,10H2,1H3,(H,24,28). The van der Waals surface area contributed by atoms with Crippen LogP contribution in [0.5, 0.6) is 0 Å². The van der Waals surface area contributed by atoms with E-state index in [1.807, 2.05) is 6.07 Å². The summed E-state index contributed by atoms with van der Waals surface area (Å²) in [5, 5.41) is 18.9. The summed E-state index contributed by atoms with van der Waals surface area (Å²) in [5.74, 6) is -2.48. The molecule has 0 saturated carbocycles. The number of halogens is 2. The second-order valence-corrected chi connectivity index (χ2v) is 8.26. The van der Waals surface area contributed by atoms with Gasteiger partial charge in [-0.25, -0.2) is 9.48 Å². The number of carbonyl (C=O) groups excluding carboxylic acids is 2. The molecule has 0 radical (unpaired) electrons. The first-order chi connectivity index (χ1) is 15.7. The molecule has 1 amide bonds. The highest BCUT2D eigenvalue weighted by Crippen LogP contribution is 2.32. The number of nitro benzene ring substituents is 1. The summed E-state index contributed by atoms with van der Waals surface area (Å²) in [4.78, 5) is 35.4. The largest absolute Gasteiger partial charge is 0.451 e.